The number of fused-ring (bicyclic) bond motifs is 2. The number of carbonyl (C=O) groups is 2. The summed E-state index contributed by atoms with van der Waals surface area (Å²) >= 11 is 4.43. The van der Waals surface area contributed by atoms with Gasteiger partial charge in [0, 0.05) is 21.9 Å². The number of hydrogen-bond donors (Lipinski definition) is 1. The Balaban J connectivity index is 1.43. The molecular weight excluding hydrogens is 505 g/mol. The van der Waals surface area contributed by atoms with E-state index in [-0.39, 0.29) is 23.6 Å². The molecule has 4 aromatic rings. The molecular formula is C25H22FN3O3S3. The second-order valence-electron chi connectivity index (χ2n) is 7.86. The molecule has 2 aromatic heterocycles. The molecule has 35 heavy (non-hydrogen) atoms. The van der Waals surface area contributed by atoms with E-state index in [0.29, 0.717) is 26.1 Å². The third kappa shape index (κ3) is 5.19. The molecule has 0 atom stereocenters. The zero-order chi connectivity index (χ0) is 24.4. The Morgan fingerprint density at radius 2 is 1.97 bits per heavy atom. The van der Waals surface area contributed by atoms with Gasteiger partial charge in [0.15, 0.2) is 0 Å². The van der Waals surface area contributed by atoms with Crippen molar-refractivity contribution in [3.8, 4) is 10.6 Å². The molecule has 180 valence electrons. The number of halogens is 1. The first-order chi connectivity index (χ1) is 17.0. The monoisotopic (exact) mass is 527 g/mol. The minimum absolute atomic E-state index is 0.150. The predicted octanol–water partition coefficient (Wildman–Crippen LogP) is 6.41. The van der Waals surface area contributed by atoms with E-state index in [9.17, 15) is 14.0 Å². The number of thioether (sulfide) groups is 1. The lowest BCUT2D eigenvalue weighted by Gasteiger charge is -2.26. The number of ether oxygens (including phenoxy) is 1. The normalized spacial score (nSPS) is 13.0. The van der Waals surface area contributed by atoms with Gasteiger partial charge in [0.05, 0.1) is 29.1 Å². The highest BCUT2D eigenvalue weighted by Gasteiger charge is 2.30. The van der Waals surface area contributed by atoms with Crippen LogP contribution in [0.4, 0.5) is 14.2 Å². The largest absolute Gasteiger partial charge is 0.450 e. The molecule has 0 saturated carbocycles. The number of para-hydroxylation sites is 1. The van der Waals surface area contributed by atoms with Crippen molar-refractivity contribution >= 4 is 61.7 Å². The minimum Gasteiger partial charge on any atom is -0.450 e. The lowest BCUT2D eigenvalue weighted by atomic mass is 10.0. The van der Waals surface area contributed by atoms with Crippen molar-refractivity contribution < 1.29 is 18.7 Å². The number of benzene rings is 2. The van der Waals surface area contributed by atoms with E-state index in [1.54, 1.807) is 35.3 Å². The molecule has 5 rings (SSSR count). The third-order valence-corrected chi connectivity index (χ3v) is 8.73. The molecule has 0 fully saturated rings. The van der Waals surface area contributed by atoms with Crippen molar-refractivity contribution in [1.29, 1.82) is 0 Å². The van der Waals surface area contributed by atoms with Crippen LogP contribution in [-0.2, 0) is 22.5 Å². The molecule has 0 unspecified atom stereocenters. The highest BCUT2D eigenvalue weighted by atomic mass is 32.2. The van der Waals surface area contributed by atoms with Crippen molar-refractivity contribution in [2.24, 2.45) is 0 Å². The van der Waals surface area contributed by atoms with Crippen molar-refractivity contribution in [3.05, 3.63) is 64.8 Å². The van der Waals surface area contributed by atoms with Crippen LogP contribution >= 0.6 is 34.4 Å². The van der Waals surface area contributed by atoms with Crippen LogP contribution < -0.4 is 5.32 Å². The van der Waals surface area contributed by atoms with Gasteiger partial charge in [-0.05, 0) is 55.3 Å². The van der Waals surface area contributed by atoms with Gasteiger partial charge in [-0.2, -0.15) is 0 Å². The van der Waals surface area contributed by atoms with E-state index in [1.807, 2.05) is 24.3 Å². The van der Waals surface area contributed by atoms with Gasteiger partial charge in [-0.25, -0.2) is 14.2 Å². The Morgan fingerprint density at radius 1 is 1.17 bits per heavy atom. The first-order valence-electron chi connectivity index (χ1n) is 11.1. The number of thiophene rings is 1. The second kappa shape index (κ2) is 10.3. The van der Waals surface area contributed by atoms with Gasteiger partial charge in [-0.15, -0.1) is 34.4 Å². The van der Waals surface area contributed by atoms with Crippen LogP contribution in [0, 0.1) is 5.82 Å². The maximum Gasteiger partial charge on any atom is 0.410 e. The zero-order valence-electron chi connectivity index (χ0n) is 18.9. The summed E-state index contributed by atoms with van der Waals surface area (Å²) in [5.74, 6) is -0.259. The average molecular weight is 528 g/mol. The van der Waals surface area contributed by atoms with Crippen LogP contribution in [0.25, 0.3) is 20.8 Å². The van der Waals surface area contributed by atoms with Gasteiger partial charge in [0.1, 0.15) is 15.8 Å². The fourth-order valence-corrected chi connectivity index (χ4v) is 7.00. The molecule has 1 N–H and O–H groups in total. The number of amides is 2. The summed E-state index contributed by atoms with van der Waals surface area (Å²) in [6.07, 6.45) is 0.338. The van der Waals surface area contributed by atoms with Gasteiger partial charge in [0.2, 0.25) is 5.91 Å². The topological polar surface area (TPSA) is 71.5 Å². The number of carbonyl (C=O) groups excluding carboxylic acids is 2. The van der Waals surface area contributed by atoms with Crippen molar-refractivity contribution in [1.82, 2.24) is 9.88 Å². The molecule has 0 radical (unpaired) electrons. The molecule has 1 aliphatic rings. The number of nitrogens with zero attached hydrogens (tertiary/aromatic N) is 2. The molecule has 0 aliphatic carbocycles. The fraction of sp³-hybridized carbons (Fsp3) is 0.240. The molecule has 2 amide bonds. The number of nitrogens with one attached hydrogen (secondary N) is 1. The van der Waals surface area contributed by atoms with Crippen LogP contribution in [0.1, 0.15) is 17.4 Å². The summed E-state index contributed by atoms with van der Waals surface area (Å²) < 4.78 is 19.4. The zero-order valence-corrected chi connectivity index (χ0v) is 21.3. The van der Waals surface area contributed by atoms with E-state index in [2.05, 4.69) is 5.32 Å². The smallest absolute Gasteiger partial charge is 0.410 e. The standard InChI is InChI=1S/C25H22FN3O3S3/c1-2-32-25(31)29-12-11-17-20(13-29)35-24(22(17)23-27-18-5-3-4-6-19(18)34-23)28-21(30)14-33-16-9-7-15(26)8-10-16/h3-10H,2,11-14H2,1H3,(H,28,30). The summed E-state index contributed by atoms with van der Waals surface area (Å²) in [5.41, 5.74) is 2.98. The summed E-state index contributed by atoms with van der Waals surface area (Å²) in [5, 5.41) is 4.67. The lowest BCUT2D eigenvalue weighted by Crippen LogP contribution is -2.35. The number of aromatic nitrogens is 1. The van der Waals surface area contributed by atoms with Crippen LogP contribution in [0.15, 0.2) is 53.4 Å². The van der Waals surface area contributed by atoms with E-state index < -0.39 is 0 Å². The van der Waals surface area contributed by atoms with Gasteiger partial charge in [0.25, 0.3) is 0 Å². The molecule has 0 saturated heterocycles. The number of rotatable bonds is 6. The molecule has 10 heteroatoms. The van der Waals surface area contributed by atoms with Crippen LogP contribution in [0.3, 0.4) is 0 Å². The van der Waals surface area contributed by atoms with Crippen LogP contribution in [-0.4, -0.2) is 40.8 Å². The number of hydrogen-bond acceptors (Lipinski definition) is 7. The molecule has 2 aromatic carbocycles. The Morgan fingerprint density at radius 3 is 2.74 bits per heavy atom. The predicted molar refractivity (Wildman–Crippen MR) is 140 cm³/mol. The lowest BCUT2D eigenvalue weighted by molar-refractivity contribution is -0.113. The fourth-order valence-electron chi connectivity index (χ4n) is 3.91. The second-order valence-corrected chi connectivity index (χ2v) is 11.0. The van der Waals surface area contributed by atoms with E-state index in [4.69, 9.17) is 9.72 Å². The van der Waals surface area contributed by atoms with Gasteiger partial charge >= 0.3 is 6.09 Å². The number of anilines is 1. The molecule has 0 spiro atoms. The minimum atomic E-state index is -0.325. The van der Waals surface area contributed by atoms with Crippen LogP contribution in [0.2, 0.25) is 0 Å². The van der Waals surface area contributed by atoms with Crippen molar-refractivity contribution in [3.63, 3.8) is 0 Å². The third-order valence-electron chi connectivity index (χ3n) is 5.53. The Hall–Kier alpha value is -2.95. The maximum absolute atomic E-state index is 13.2. The van der Waals surface area contributed by atoms with E-state index >= 15 is 0 Å². The summed E-state index contributed by atoms with van der Waals surface area (Å²) in [6.45, 7) is 3.11. The molecule has 6 nitrogen and oxygen atoms in total. The Bertz CT molecular complexity index is 1350. The molecule has 0 bridgehead atoms. The van der Waals surface area contributed by atoms with E-state index in [1.165, 1.54) is 35.2 Å². The van der Waals surface area contributed by atoms with E-state index in [0.717, 1.165) is 41.1 Å². The first kappa shape index (κ1) is 23.8. The quantitative estimate of drug-likeness (QED) is 0.294. The summed E-state index contributed by atoms with van der Waals surface area (Å²) in [4.78, 5) is 33.6. The van der Waals surface area contributed by atoms with Crippen molar-refractivity contribution in [2.75, 3.05) is 24.2 Å². The maximum atomic E-state index is 13.2. The van der Waals surface area contributed by atoms with Gasteiger partial charge < -0.3 is 15.0 Å². The number of thiazole rings is 1. The summed E-state index contributed by atoms with van der Waals surface area (Å²) in [6, 6.07) is 14.1. The van der Waals surface area contributed by atoms with Gasteiger partial charge in [-0.1, -0.05) is 12.1 Å². The molecule has 1 aliphatic heterocycles. The Kier molecular flexibility index (Phi) is 7.03. The Labute approximate surface area is 214 Å². The SMILES string of the molecule is CCOC(=O)N1CCc2c(sc(NC(=O)CSc3ccc(F)cc3)c2-c2nc3ccccc3s2)C1. The molecule has 3 heterocycles. The highest BCUT2D eigenvalue weighted by molar-refractivity contribution is 8.00. The van der Waals surface area contributed by atoms with Crippen molar-refractivity contribution in [2.45, 2.75) is 24.8 Å². The van der Waals surface area contributed by atoms with Crippen LogP contribution in [0.5, 0.6) is 0 Å². The van der Waals surface area contributed by atoms with Gasteiger partial charge in [-0.3, -0.25) is 4.79 Å². The average Bonchev–Trinajstić information content (AvgIpc) is 3.43. The highest BCUT2D eigenvalue weighted by Crippen LogP contribution is 2.45. The first-order valence-corrected chi connectivity index (χ1v) is 13.7. The summed E-state index contributed by atoms with van der Waals surface area (Å²) in [7, 11) is 0.